The minimum absolute atomic E-state index is 0.0493. The van der Waals surface area contributed by atoms with E-state index in [2.05, 4.69) is 15.9 Å². The van der Waals surface area contributed by atoms with Crippen molar-refractivity contribution in [2.45, 2.75) is 25.6 Å². The number of ether oxygens (including phenoxy) is 1. The molecule has 1 N–H and O–H groups in total. The fraction of sp³-hybridized carbons (Fsp3) is 0.455. The first-order chi connectivity index (χ1) is 9.11. The lowest BCUT2D eigenvalue weighted by Gasteiger charge is -2.15. The van der Waals surface area contributed by atoms with Crippen LogP contribution in [0.15, 0.2) is 16.6 Å². The number of halogens is 4. The smallest absolute Gasteiger partial charge is 0.392 e. The second-order valence-electron chi connectivity index (χ2n) is 3.99. The Morgan fingerprint density at radius 1 is 1.50 bits per heavy atom. The van der Waals surface area contributed by atoms with Crippen LogP contribution < -0.4 is 4.74 Å². The van der Waals surface area contributed by atoms with E-state index in [1.807, 2.05) is 0 Å². The largest absolute Gasteiger partial charge is 0.486 e. The van der Waals surface area contributed by atoms with Gasteiger partial charge in [-0.3, -0.25) is 10.1 Å². The molecule has 0 heterocycles. The van der Waals surface area contributed by atoms with Gasteiger partial charge in [0.1, 0.15) is 0 Å². The lowest BCUT2D eigenvalue weighted by Crippen LogP contribution is -2.14. The van der Waals surface area contributed by atoms with E-state index in [-0.39, 0.29) is 11.3 Å². The average molecular weight is 358 g/mol. The molecule has 9 heteroatoms. The molecular formula is C11H11BrF3NO4. The van der Waals surface area contributed by atoms with Gasteiger partial charge in [0.15, 0.2) is 0 Å². The molecule has 5 nitrogen and oxygen atoms in total. The lowest BCUT2D eigenvalue weighted by molar-refractivity contribution is -0.386. The van der Waals surface area contributed by atoms with Gasteiger partial charge in [-0.15, -0.1) is 0 Å². The summed E-state index contributed by atoms with van der Waals surface area (Å²) >= 11 is 3.03. The summed E-state index contributed by atoms with van der Waals surface area (Å²) in [5.74, 6) is -0.350. The number of nitrogens with zero attached hydrogens (tertiary/aromatic N) is 1. The molecule has 1 rings (SSSR count). The van der Waals surface area contributed by atoms with Gasteiger partial charge in [0, 0.05) is 16.1 Å². The maximum atomic E-state index is 12.1. The van der Waals surface area contributed by atoms with E-state index in [1.54, 1.807) is 0 Å². The van der Waals surface area contributed by atoms with Crippen LogP contribution in [0.2, 0.25) is 0 Å². The average Bonchev–Trinajstić information content (AvgIpc) is 2.28. The van der Waals surface area contributed by atoms with Crippen LogP contribution >= 0.6 is 15.9 Å². The quantitative estimate of drug-likeness (QED) is 0.643. The first-order valence-corrected chi connectivity index (χ1v) is 6.26. The van der Waals surface area contributed by atoms with Crippen LogP contribution in [0, 0.1) is 10.1 Å². The minimum atomic E-state index is -4.42. The summed E-state index contributed by atoms with van der Waals surface area (Å²) in [6.07, 6.45) is -6.78. The monoisotopic (exact) mass is 357 g/mol. The van der Waals surface area contributed by atoms with Crippen molar-refractivity contribution < 1.29 is 27.9 Å². The Bertz CT molecular complexity index is 505. The van der Waals surface area contributed by atoms with Crippen molar-refractivity contribution in [2.75, 3.05) is 6.61 Å². The van der Waals surface area contributed by atoms with Gasteiger partial charge in [-0.25, -0.2) is 0 Å². The first kappa shape index (κ1) is 16.7. The Kier molecular flexibility index (Phi) is 5.35. The summed E-state index contributed by atoms with van der Waals surface area (Å²) in [5.41, 5.74) is -0.453. The second kappa shape index (κ2) is 6.40. The molecule has 0 aromatic heterocycles. The maximum Gasteiger partial charge on any atom is 0.392 e. The number of aliphatic hydroxyl groups excluding tert-OH is 1. The van der Waals surface area contributed by atoms with E-state index >= 15 is 0 Å². The molecule has 0 aliphatic heterocycles. The Hall–Kier alpha value is -1.35. The van der Waals surface area contributed by atoms with Gasteiger partial charge >= 0.3 is 11.9 Å². The predicted molar refractivity (Wildman–Crippen MR) is 67.6 cm³/mol. The molecule has 1 aromatic rings. The fourth-order valence-corrected chi connectivity index (χ4v) is 1.94. The third kappa shape index (κ3) is 4.64. The summed E-state index contributed by atoms with van der Waals surface area (Å²) < 4.78 is 41.4. The molecule has 1 atom stereocenters. The van der Waals surface area contributed by atoms with E-state index in [0.717, 1.165) is 6.07 Å². The summed E-state index contributed by atoms with van der Waals surface area (Å²) in [5, 5.41) is 20.5. The van der Waals surface area contributed by atoms with Crippen LogP contribution in [-0.4, -0.2) is 22.8 Å². The fourth-order valence-electron chi connectivity index (χ4n) is 1.47. The van der Waals surface area contributed by atoms with Crippen LogP contribution in [0.25, 0.3) is 0 Å². The maximum absolute atomic E-state index is 12.1. The number of benzene rings is 1. The topological polar surface area (TPSA) is 72.6 Å². The summed E-state index contributed by atoms with van der Waals surface area (Å²) in [7, 11) is 0. The highest BCUT2D eigenvalue weighted by Gasteiger charge is 2.29. The molecule has 112 valence electrons. The van der Waals surface area contributed by atoms with E-state index in [1.165, 1.54) is 13.0 Å². The molecule has 0 radical (unpaired) electrons. The SMILES string of the molecule is CC(O)c1cc(Br)cc([N+](=O)[O-])c1OCCC(F)(F)F. The molecular weight excluding hydrogens is 347 g/mol. The van der Waals surface area contributed by atoms with Crippen molar-refractivity contribution in [1.29, 1.82) is 0 Å². The van der Waals surface area contributed by atoms with E-state index in [9.17, 15) is 28.4 Å². The predicted octanol–water partition coefficient (Wildman–Crippen LogP) is 3.74. The van der Waals surface area contributed by atoms with Gasteiger partial charge in [0.25, 0.3) is 0 Å². The van der Waals surface area contributed by atoms with E-state index in [0.29, 0.717) is 4.47 Å². The van der Waals surface area contributed by atoms with Crippen molar-refractivity contribution in [1.82, 2.24) is 0 Å². The number of hydrogen-bond acceptors (Lipinski definition) is 4. The van der Waals surface area contributed by atoms with Crippen LogP contribution in [-0.2, 0) is 0 Å². The normalized spacial score (nSPS) is 13.1. The van der Waals surface area contributed by atoms with Gasteiger partial charge in [0.2, 0.25) is 5.75 Å². The van der Waals surface area contributed by atoms with Crippen molar-refractivity contribution >= 4 is 21.6 Å². The van der Waals surface area contributed by atoms with E-state index < -0.39 is 35.9 Å². The molecule has 0 spiro atoms. The number of alkyl halides is 3. The molecule has 0 aliphatic rings. The third-order valence-electron chi connectivity index (χ3n) is 2.34. The zero-order valence-corrected chi connectivity index (χ0v) is 11.9. The molecule has 1 unspecified atom stereocenters. The highest BCUT2D eigenvalue weighted by molar-refractivity contribution is 9.10. The third-order valence-corrected chi connectivity index (χ3v) is 2.80. The van der Waals surface area contributed by atoms with Crippen LogP contribution in [0.5, 0.6) is 5.75 Å². The van der Waals surface area contributed by atoms with Crippen molar-refractivity contribution in [2.24, 2.45) is 0 Å². The lowest BCUT2D eigenvalue weighted by atomic mass is 10.1. The Labute approximate surface area is 120 Å². The molecule has 0 bridgehead atoms. The Morgan fingerprint density at radius 2 is 2.10 bits per heavy atom. The van der Waals surface area contributed by atoms with Gasteiger partial charge in [0.05, 0.1) is 24.1 Å². The zero-order valence-electron chi connectivity index (χ0n) is 10.3. The summed E-state index contributed by atoms with van der Waals surface area (Å²) in [4.78, 5) is 10.1. The van der Waals surface area contributed by atoms with Gasteiger partial charge in [-0.1, -0.05) is 15.9 Å². The molecule has 0 saturated carbocycles. The molecule has 0 saturated heterocycles. The van der Waals surface area contributed by atoms with Crippen LogP contribution in [0.3, 0.4) is 0 Å². The van der Waals surface area contributed by atoms with Crippen molar-refractivity contribution in [3.63, 3.8) is 0 Å². The van der Waals surface area contributed by atoms with E-state index in [4.69, 9.17) is 4.74 Å². The van der Waals surface area contributed by atoms with Crippen LogP contribution in [0.4, 0.5) is 18.9 Å². The highest BCUT2D eigenvalue weighted by Crippen LogP contribution is 2.38. The molecule has 20 heavy (non-hydrogen) atoms. The van der Waals surface area contributed by atoms with Gasteiger partial charge in [-0.05, 0) is 13.0 Å². The molecule has 0 aliphatic carbocycles. The highest BCUT2D eigenvalue weighted by atomic mass is 79.9. The number of aliphatic hydroxyl groups is 1. The molecule has 0 fully saturated rings. The molecule has 0 amide bonds. The number of nitro groups is 1. The standard InChI is InChI=1S/C11H11BrF3NO4/c1-6(17)8-4-7(12)5-9(16(18)19)10(8)20-3-2-11(13,14)15/h4-6,17H,2-3H2,1H3. The van der Waals surface area contributed by atoms with Gasteiger partial charge in [-0.2, -0.15) is 13.2 Å². The number of hydrogen-bond donors (Lipinski definition) is 1. The second-order valence-corrected chi connectivity index (χ2v) is 4.91. The van der Waals surface area contributed by atoms with Crippen molar-refractivity contribution in [3.8, 4) is 5.75 Å². The summed E-state index contributed by atoms with van der Waals surface area (Å²) in [6.45, 7) is 0.577. The minimum Gasteiger partial charge on any atom is -0.486 e. The van der Waals surface area contributed by atoms with Crippen LogP contribution in [0.1, 0.15) is 25.0 Å². The molecule has 1 aromatic carbocycles. The number of nitro benzene ring substituents is 1. The Morgan fingerprint density at radius 3 is 2.55 bits per heavy atom. The zero-order chi connectivity index (χ0) is 15.5. The Balaban J connectivity index is 3.10. The summed E-state index contributed by atoms with van der Waals surface area (Å²) in [6, 6.07) is 2.47. The van der Waals surface area contributed by atoms with Crippen molar-refractivity contribution in [3.05, 3.63) is 32.3 Å². The first-order valence-electron chi connectivity index (χ1n) is 5.47. The number of rotatable bonds is 5. The van der Waals surface area contributed by atoms with Gasteiger partial charge < -0.3 is 9.84 Å².